The highest BCUT2D eigenvalue weighted by atomic mass is 17.3. The highest BCUT2D eigenvalue weighted by Gasteiger charge is 2.47. The van der Waals surface area contributed by atoms with Gasteiger partial charge in [-0.1, -0.05) is 19.8 Å². The average molecular weight is 254 g/mol. The Morgan fingerprint density at radius 2 is 2.22 bits per heavy atom. The van der Waals surface area contributed by atoms with Crippen molar-refractivity contribution >= 4 is 5.78 Å². The SMILES string of the molecule is CC12CCCCC1C(CC1OCOO1)C(=O)CC2. The molecule has 1 saturated heterocycles. The van der Waals surface area contributed by atoms with E-state index in [1.807, 2.05) is 0 Å². The van der Waals surface area contributed by atoms with Crippen LogP contribution in [0.25, 0.3) is 0 Å². The second kappa shape index (κ2) is 4.91. The zero-order valence-corrected chi connectivity index (χ0v) is 11.0. The van der Waals surface area contributed by atoms with E-state index in [1.165, 1.54) is 25.7 Å². The maximum absolute atomic E-state index is 12.2. The van der Waals surface area contributed by atoms with Crippen molar-refractivity contribution in [1.82, 2.24) is 0 Å². The van der Waals surface area contributed by atoms with Crippen LogP contribution in [-0.4, -0.2) is 18.9 Å². The van der Waals surface area contributed by atoms with Crippen LogP contribution in [0.3, 0.4) is 0 Å². The molecule has 0 bridgehead atoms. The van der Waals surface area contributed by atoms with Gasteiger partial charge in [-0.05, 0) is 30.6 Å². The second-order valence-corrected chi connectivity index (χ2v) is 6.24. The van der Waals surface area contributed by atoms with Crippen molar-refractivity contribution < 1.29 is 19.3 Å². The first-order valence-electron chi connectivity index (χ1n) is 7.12. The van der Waals surface area contributed by atoms with Crippen LogP contribution in [-0.2, 0) is 19.3 Å². The van der Waals surface area contributed by atoms with Crippen LogP contribution in [0.1, 0.15) is 51.9 Å². The van der Waals surface area contributed by atoms with Gasteiger partial charge in [-0.15, -0.1) is 0 Å². The van der Waals surface area contributed by atoms with E-state index in [-0.39, 0.29) is 19.0 Å². The summed E-state index contributed by atoms with van der Waals surface area (Å²) in [5, 5.41) is 0. The second-order valence-electron chi connectivity index (χ2n) is 6.24. The molecule has 4 unspecified atom stereocenters. The molecule has 3 fully saturated rings. The summed E-state index contributed by atoms with van der Waals surface area (Å²) in [6.45, 7) is 2.55. The first-order valence-corrected chi connectivity index (χ1v) is 7.12. The zero-order valence-electron chi connectivity index (χ0n) is 11.0. The Kier molecular flexibility index (Phi) is 3.43. The van der Waals surface area contributed by atoms with Crippen LogP contribution in [0, 0.1) is 17.3 Å². The maximum atomic E-state index is 12.2. The van der Waals surface area contributed by atoms with E-state index >= 15 is 0 Å². The van der Waals surface area contributed by atoms with Crippen LogP contribution < -0.4 is 0 Å². The summed E-state index contributed by atoms with van der Waals surface area (Å²) in [7, 11) is 0. The lowest BCUT2D eigenvalue weighted by Gasteiger charge is -2.48. The van der Waals surface area contributed by atoms with Gasteiger partial charge in [0.15, 0.2) is 13.1 Å². The van der Waals surface area contributed by atoms with E-state index in [9.17, 15) is 4.79 Å². The monoisotopic (exact) mass is 254 g/mol. The van der Waals surface area contributed by atoms with E-state index < -0.39 is 0 Å². The van der Waals surface area contributed by atoms with E-state index in [2.05, 4.69) is 6.92 Å². The molecule has 4 nitrogen and oxygen atoms in total. The lowest BCUT2D eigenvalue weighted by atomic mass is 9.56. The minimum atomic E-state index is -0.344. The number of ether oxygens (including phenoxy) is 1. The van der Waals surface area contributed by atoms with Gasteiger partial charge in [0.05, 0.1) is 0 Å². The van der Waals surface area contributed by atoms with Crippen LogP contribution in [0.5, 0.6) is 0 Å². The Hall–Kier alpha value is -0.450. The number of ketones is 1. The molecule has 2 aliphatic carbocycles. The van der Waals surface area contributed by atoms with Crippen LogP contribution in [0.4, 0.5) is 0 Å². The quantitative estimate of drug-likeness (QED) is 0.711. The Bertz CT molecular complexity index is 324. The molecule has 0 spiro atoms. The minimum absolute atomic E-state index is 0.107. The largest absolute Gasteiger partial charge is 0.320 e. The fourth-order valence-corrected chi connectivity index (χ4v) is 4.09. The zero-order chi connectivity index (χ0) is 12.6. The smallest absolute Gasteiger partial charge is 0.194 e. The molecule has 0 aromatic rings. The number of Topliss-reactive ketones (excluding diaryl/α,β-unsaturated/α-hetero) is 1. The third-order valence-corrected chi connectivity index (χ3v) is 5.17. The molecule has 1 heterocycles. The number of carbonyl (C=O) groups excluding carboxylic acids is 1. The van der Waals surface area contributed by atoms with Gasteiger partial charge in [0.2, 0.25) is 0 Å². The van der Waals surface area contributed by atoms with E-state index in [0.29, 0.717) is 23.5 Å². The Morgan fingerprint density at radius 3 is 3.00 bits per heavy atom. The molecule has 0 aromatic heterocycles. The van der Waals surface area contributed by atoms with Gasteiger partial charge in [-0.25, -0.2) is 9.78 Å². The van der Waals surface area contributed by atoms with Crippen molar-refractivity contribution in [3.63, 3.8) is 0 Å². The molecule has 0 N–H and O–H groups in total. The van der Waals surface area contributed by atoms with E-state index in [0.717, 1.165) is 12.8 Å². The van der Waals surface area contributed by atoms with Gasteiger partial charge in [-0.3, -0.25) is 4.79 Å². The summed E-state index contributed by atoms with van der Waals surface area (Å²) in [6, 6.07) is 0. The standard InChI is InChI=1S/C14H22O4/c1-14-6-3-2-4-11(14)10(12(15)5-7-14)8-13-16-9-17-18-13/h10-11,13H,2-9H2,1H3. The fraction of sp³-hybridized carbons (Fsp3) is 0.929. The Morgan fingerprint density at radius 1 is 1.33 bits per heavy atom. The first kappa shape index (κ1) is 12.6. The molecule has 0 amide bonds. The molecule has 4 heteroatoms. The molecule has 18 heavy (non-hydrogen) atoms. The first-order chi connectivity index (χ1) is 8.69. The molecule has 2 saturated carbocycles. The predicted molar refractivity (Wildman–Crippen MR) is 64.3 cm³/mol. The minimum Gasteiger partial charge on any atom is -0.320 e. The van der Waals surface area contributed by atoms with Crippen LogP contribution in [0.15, 0.2) is 0 Å². The number of hydrogen-bond acceptors (Lipinski definition) is 4. The van der Waals surface area contributed by atoms with Gasteiger partial charge in [0.1, 0.15) is 5.78 Å². The number of carbonyl (C=O) groups is 1. The molecule has 1 aliphatic heterocycles. The van der Waals surface area contributed by atoms with Crippen molar-refractivity contribution in [3.05, 3.63) is 0 Å². The molecule has 0 radical (unpaired) electrons. The average Bonchev–Trinajstić information content (AvgIpc) is 2.86. The number of hydrogen-bond donors (Lipinski definition) is 0. The van der Waals surface area contributed by atoms with Crippen molar-refractivity contribution in [2.75, 3.05) is 6.79 Å². The number of rotatable bonds is 2. The summed E-state index contributed by atoms with van der Waals surface area (Å²) in [4.78, 5) is 22.0. The van der Waals surface area contributed by atoms with Crippen LogP contribution in [0.2, 0.25) is 0 Å². The molecule has 3 rings (SSSR count). The van der Waals surface area contributed by atoms with Crippen molar-refractivity contribution in [2.45, 2.75) is 58.2 Å². The van der Waals surface area contributed by atoms with Gasteiger partial charge in [-0.2, -0.15) is 0 Å². The summed E-state index contributed by atoms with van der Waals surface area (Å²) in [5.74, 6) is 1.02. The lowest BCUT2D eigenvalue weighted by molar-refractivity contribution is -0.280. The number of fused-ring (bicyclic) bond motifs is 1. The fourth-order valence-electron chi connectivity index (χ4n) is 4.09. The van der Waals surface area contributed by atoms with Gasteiger partial charge >= 0.3 is 0 Å². The molecule has 102 valence electrons. The summed E-state index contributed by atoms with van der Waals surface area (Å²) >= 11 is 0. The van der Waals surface area contributed by atoms with Gasteiger partial charge in [0.25, 0.3) is 0 Å². The lowest BCUT2D eigenvalue weighted by Crippen LogP contribution is -2.45. The van der Waals surface area contributed by atoms with Crippen LogP contribution >= 0.6 is 0 Å². The summed E-state index contributed by atoms with van der Waals surface area (Å²) in [6.07, 6.45) is 7.13. The summed E-state index contributed by atoms with van der Waals surface area (Å²) < 4.78 is 5.32. The maximum Gasteiger partial charge on any atom is 0.194 e. The highest BCUT2D eigenvalue weighted by molar-refractivity contribution is 5.82. The molecular formula is C14H22O4. The van der Waals surface area contributed by atoms with E-state index in [4.69, 9.17) is 14.5 Å². The van der Waals surface area contributed by atoms with Gasteiger partial charge < -0.3 is 4.74 Å². The molecule has 0 aromatic carbocycles. The van der Waals surface area contributed by atoms with Crippen molar-refractivity contribution in [1.29, 1.82) is 0 Å². The molecule has 4 atom stereocenters. The molecule has 3 aliphatic rings. The van der Waals surface area contributed by atoms with E-state index in [1.54, 1.807) is 0 Å². The predicted octanol–water partition coefficient (Wildman–Crippen LogP) is 2.81. The third kappa shape index (κ3) is 2.22. The summed E-state index contributed by atoms with van der Waals surface area (Å²) in [5.41, 5.74) is 0.357. The molecular weight excluding hydrogens is 232 g/mol. The normalized spacial score (nSPS) is 44.9. The van der Waals surface area contributed by atoms with Gasteiger partial charge in [0, 0.05) is 18.8 Å². The topological polar surface area (TPSA) is 44.8 Å². The Balaban J connectivity index is 1.74. The van der Waals surface area contributed by atoms with Crippen molar-refractivity contribution in [3.8, 4) is 0 Å². The highest BCUT2D eigenvalue weighted by Crippen LogP contribution is 2.52. The third-order valence-electron chi connectivity index (χ3n) is 5.17. The Labute approximate surface area is 108 Å². The van der Waals surface area contributed by atoms with Crippen molar-refractivity contribution in [2.24, 2.45) is 17.3 Å².